The Morgan fingerprint density at radius 3 is 2.72 bits per heavy atom. The van der Waals surface area contributed by atoms with Crippen LogP contribution in [0.5, 0.6) is 5.75 Å². The lowest BCUT2D eigenvalue weighted by molar-refractivity contribution is -0.115. The molecule has 0 aromatic heterocycles. The van der Waals surface area contributed by atoms with Crippen LogP contribution in [0.4, 0.5) is 5.69 Å². The minimum absolute atomic E-state index is 0.0328. The molecule has 0 bridgehead atoms. The summed E-state index contributed by atoms with van der Waals surface area (Å²) in [5.74, 6) is 0.639. The molecule has 0 saturated heterocycles. The third-order valence-corrected chi connectivity index (χ3v) is 5.21. The van der Waals surface area contributed by atoms with Crippen molar-refractivity contribution in [3.8, 4) is 5.75 Å². The number of fused-ring (bicyclic) bond motifs is 1. The number of hydrogen-bond acceptors (Lipinski definition) is 4. The minimum atomic E-state index is -0.144. The Hall–Kier alpha value is -2.47. The van der Waals surface area contributed by atoms with Gasteiger partial charge in [-0.25, -0.2) is 0 Å². The normalized spacial score (nSPS) is 15.9. The largest absolute Gasteiger partial charge is 0.497 e. The number of carbonyl (C=O) groups is 2. The molecule has 0 saturated carbocycles. The number of ether oxygens (including phenoxy) is 1. The van der Waals surface area contributed by atoms with Gasteiger partial charge in [0.15, 0.2) is 0 Å². The van der Waals surface area contributed by atoms with E-state index >= 15 is 0 Å². The summed E-state index contributed by atoms with van der Waals surface area (Å²) in [6.45, 7) is 2.41. The maximum atomic E-state index is 12.3. The molecule has 2 N–H and O–H groups in total. The van der Waals surface area contributed by atoms with Crippen molar-refractivity contribution in [2.45, 2.75) is 23.5 Å². The second-order valence-electron chi connectivity index (χ2n) is 5.81. The number of nitrogens with one attached hydrogen (secondary N) is 2. The summed E-state index contributed by atoms with van der Waals surface area (Å²) in [4.78, 5) is 25.1. The first-order chi connectivity index (χ1) is 12.1. The van der Waals surface area contributed by atoms with Gasteiger partial charge in [0.25, 0.3) is 5.91 Å². The van der Waals surface area contributed by atoms with Crippen LogP contribution in [0.3, 0.4) is 0 Å². The molecular weight excluding hydrogens is 336 g/mol. The summed E-state index contributed by atoms with van der Waals surface area (Å²) in [7, 11) is 1.63. The number of rotatable bonds is 5. The predicted molar refractivity (Wildman–Crippen MR) is 99.4 cm³/mol. The molecule has 0 radical (unpaired) electrons. The monoisotopic (exact) mass is 356 g/mol. The SMILES string of the molecule is COc1ccc(CCNC(=O)c2ccc3c(c2)NC(=O)C(C)S3)cc1. The third-order valence-electron chi connectivity index (χ3n) is 4.03. The van der Waals surface area contributed by atoms with E-state index in [-0.39, 0.29) is 17.1 Å². The zero-order chi connectivity index (χ0) is 17.8. The summed E-state index contributed by atoms with van der Waals surface area (Å²) in [5, 5.41) is 5.64. The molecule has 5 nitrogen and oxygen atoms in total. The Bertz CT molecular complexity index is 790. The van der Waals surface area contributed by atoms with Gasteiger partial charge in [-0.15, -0.1) is 11.8 Å². The average Bonchev–Trinajstić information content (AvgIpc) is 2.63. The second kappa shape index (κ2) is 7.61. The van der Waals surface area contributed by atoms with E-state index < -0.39 is 0 Å². The number of thioether (sulfide) groups is 1. The number of carbonyl (C=O) groups excluding carboxylic acids is 2. The van der Waals surface area contributed by atoms with Gasteiger partial charge >= 0.3 is 0 Å². The van der Waals surface area contributed by atoms with Crippen LogP contribution in [-0.2, 0) is 11.2 Å². The molecule has 0 fully saturated rings. The van der Waals surface area contributed by atoms with Crippen LogP contribution in [0.1, 0.15) is 22.8 Å². The van der Waals surface area contributed by atoms with E-state index in [2.05, 4.69) is 10.6 Å². The van der Waals surface area contributed by atoms with Gasteiger partial charge in [0.1, 0.15) is 5.75 Å². The fourth-order valence-electron chi connectivity index (χ4n) is 2.56. The Labute approximate surface area is 151 Å². The number of methoxy groups -OCH3 is 1. The van der Waals surface area contributed by atoms with Gasteiger partial charge in [0.05, 0.1) is 18.0 Å². The molecule has 0 spiro atoms. The molecule has 1 unspecified atom stereocenters. The Balaban J connectivity index is 1.58. The number of hydrogen-bond donors (Lipinski definition) is 2. The molecule has 1 aliphatic heterocycles. The van der Waals surface area contributed by atoms with Crippen molar-refractivity contribution in [2.75, 3.05) is 19.0 Å². The van der Waals surface area contributed by atoms with E-state index in [1.54, 1.807) is 19.2 Å². The van der Waals surface area contributed by atoms with E-state index in [0.29, 0.717) is 17.8 Å². The Morgan fingerprint density at radius 2 is 2.00 bits per heavy atom. The highest BCUT2D eigenvalue weighted by atomic mass is 32.2. The van der Waals surface area contributed by atoms with E-state index in [1.165, 1.54) is 11.8 Å². The molecule has 130 valence electrons. The smallest absolute Gasteiger partial charge is 0.251 e. The second-order valence-corrected chi connectivity index (χ2v) is 7.20. The highest BCUT2D eigenvalue weighted by Crippen LogP contribution is 2.35. The fraction of sp³-hybridized carbons (Fsp3) is 0.263. The van der Waals surface area contributed by atoms with Crippen molar-refractivity contribution in [2.24, 2.45) is 0 Å². The van der Waals surface area contributed by atoms with Crippen molar-refractivity contribution < 1.29 is 14.3 Å². The average molecular weight is 356 g/mol. The van der Waals surface area contributed by atoms with Crippen LogP contribution in [0.2, 0.25) is 0 Å². The van der Waals surface area contributed by atoms with Gasteiger partial charge in [-0.3, -0.25) is 9.59 Å². The van der Waals surface area contributed by atoms with Crippen LogP contribution in [0, 0.1) is 0 Å². The molecule has 2 aromatic carbocycles. The molecule has 1 atom stereocenters. The number of anilines is 1. The van der Waals surface area contributed by atoms with E-state index in [9.17, 15) is 9.59 Å². The Kier molecular flexibility index (Phi) is 5.28. The fourth-order valence-corrected chi connectivity index (χ4v) is 3.50. The maximum absolute atomic E-state index is 12.3. The molecule has 3 rings (SSSR count). The molecule has 1 aliphatic rings. The number of benzene rings is 2. The van der Waals surface area contributed by atoms with Gasteiger partial charge in [-0.05, 0) is 49.2 Å². The van der Waals surface area contributed by atoms with Crippen LogP contribution in [0.25, 0.3) is 0 Å². The molecule has 2 amide bonds. The van der Waals surface area contributed by atoms with E-state index in [1.807, 2.05) is 37.3 Å². The van der Waals surface area contributed by atoms with Gasteiger partial charge < -0.3 is 15.4 Å². The summed E-state index contributed by atoms with van der Waals surface area (Å²) >= 11 is 1.50. The minimum Gasteiger partial charge on any atom is -0.497 e. The Morgan fingerprint density at radius 1 is 1.24 bits per heavy atom. The lowest BCUT2D eigenvalue weighted by atomic mass is 10.1. The first-order valence-electron chi connectivity index (χ1n) is 8.09. The lowest BCUT2D eigenvalue weighted by Gasteiger charge is -2.21. The van der Waals surface area contributed by atoms with Gasteiger partial charge in [-0.2, -0.15) is 0 Å². The lowest BCUT2D eigenvalue weighted by Crippen LogP contribution is -2.28. The summed E-state index contributed by atoms with van der Waals surface area (Å²) < 4.78 is 5.13. The van der Waals surface area contributed by atoms with Gasteiger partial charge in [-0.1, -0.05) is 12.1 Å². The van der Waals surface area contributed by atoms with Crippen LogP contribution in [-0.4, -0.2) is 30.7 Å². The topological polar surface area (TPSA) is 67.4 Å². The van der Waals surface area contributed by atoms with Gasteiger partial charge in [0.2, 0.25) is 5.91 Å². The zero-order valence-corrected chi connectivity index (χ0v) is 15.0. The van der Waals surface area contributed by atoms with E-state index in [4.69, 9.17) is 4.74 Å². The third kappa shape index (κ3) is 4.14. The van der Waals surface area contributed by atoms with Crippen LogP contribution < -0.4 is 15.4 Å². The van der Waals surface area contributed by atoms with Crippen molar-refractivity contribution in [1.82, 2.24) is 5.32 Å². The highest BCUT2D eigenvalue weighted by Gasteiger charge is 2.23. The zero-order valence-electron chi connectivity index (χ0n) is 14.2. The van der Waals surface area contributed by atoms with E-state index in [0.717, 1.165) is 22.6 Å². The molecule has 2 aromatic rings. The van der Waals surface area contributed by atoms with Crippen LogP contribution in [0.15, 0.2) is 47.4 Å². The summed E-state index contributed by atoms with van der Waals surface area (Å²) in [5.41, 5.74) is 2.38. The first-order valence-corrected chi connectivity index (χ1v) is 8.97. The van der Waals surface area contributed by atoms with Gasteiger partial charge in [0, 0.05) is 17.0 Å². The standard InChI is InChI=1S/C19H20N2O3S/c1-12-18(22)21-16-11-14(5-8-17(16)25-12)19(23)20-10-9-13-3-6-15(24-2)7-4-13/h3-8,11-12H,9-10H2,1-2H3,(H,20,23)(H,21,22). The van der Waals surface area contributed by atoms with Crippen molar-refractivity contribution >= 4 is 29.3 Å². The molecule has 25 heavy (non-hydrogen) atoms. The quantitative estimate of drug-likeness (QED) is 0.864. The van der Waals surface area contributed by atoms with Crippen molar-refractivity contribution in [3.05, 3.63) is 53.6 Å². The molecule has 0 aliphatic carbocycles. The predicted octanol–water partition coefficient (Wildman–Crippen LogP) is 3.10. The number of amides is 2. The molecule has 6 heteroatoms. The highest BCUT2D eigenvalue weighted by molar-refractivity contribution is 8.00. The maximum Gasteiger partial charge on any atom is 0.251 e. The molecule has 1 heterocycles. The van der Waals surface area contributed by atoms with Crippen LogP contribution >= 0.6 is 11.8 Å². The summed E-state index contributed by atoms with van der Waals surface area (Å²) in [6, 6.07) is 13.2. The van der Waals surface area contributed by atoms with Crippen molar-refractivity contribution in [3.63, 3.8) is 0 Å². The molecular formula is C19H20N2O3S. The van der Waals surface area contributed by atoms with Crippen molar-refractivity contribution in [1.29, 1.82) is 0 Å². The summed E-state index contributed by atoms with van der Waals surface area (Å²) in [6.07, 6.45) is 0.741. The first kappa shape index (κ1) is 17.4.